The Morgan fingerprint density at radius 3 is 2.41 bits per heavy atom. The summed E-state index contributed by atoms with van der Waals surface area (Å²) in [5.74, 6) is 0. The third kappa shape index (κ3) is 3.08. The van der Waals surface area contributed by atoms with E-state index < -0.39 is 0 Å². The Labute approximate surface area is 139 Å². The first-order valence-electron chi connectivity index (χ1n) is 6.88. The van der Waals surface area contributed by atoms with E-state index >= 15 is 0 Å². The van der Waals surface area contributed by atoms with Gasteiger partial charge in [0, 0.05) is 11.4 Å². The van der Waals surface area contributed by atoms with E-state index in [1.807, 2.05) is 36.5 Å². The van der Waals surface area contributed by atoms with Crippen molar-refractivity contribution in [3.05, 3.63) is 82.1 Å². The van der Waals surface area contributed by atoms with Crippen LogP contribution in [0.5, 0.6) is 0 Å². The maximum Gasteiger partial charge on any atom is 0.0646 e. The van der Waals surface area contributed by atoms with Crippen molar-refractivity contribution in [2.75, 3.05) is 0 Å². The topological polar surface area (TPSA) is 17.3 Å². The summed E-state index contributed by atoms with van der Waals surface area (Å²) < 4.78 is 2.15. The number of aryl methyl sites for hydroxylation is 1. The molecule has 0 bridgehead atoms. The number of nitrogens with zero attached hydrogens (tertiary/aromatic N) is 2. The molecule has 110 valence electrons. The van der Waals surface area contributed by atoms with E-state index in [-0.39, 0.29) is 0 Å². The van der Waals surface area contributed by atoms with Crippen molar-refractivity contribution in [1.82, 2.24) is 4.57 Å². The van der Waals surface area contributed by atoms with Crippen molar-refractivity contribution in [2.24, 2.45) is 4.99 Å². The molecule has 22 heavy (non-hydrogen) atoms. The molecule has 1 heterocycles. The number of para-hydroxylation sites is 1. The minimum Gasteiger partial charge on any atom is -0.313 e. The second-order valence-corrected chi connectivity index (χ2v) is 5.74. The van der Waals surface area contributed by atoms with Crippen molar-refractivity contribution in [2.45, 2.75) is 6.92 Å². The van der Waals surface area contributed by atoms with Crippen LogP contribution in [0.3, 0.4) is 0 Å². The fraction of sp³-hybridized carbons (Fsp3) is 0.0556. The van der Waals surface area contributed by atoms with E-state index in [4.69, 9.17) is 23.2 Å². The SMILES string of the molecule is Cc1ccc(C=Nc2ccc(Cl)c(Cl)c2)n1-c1ccccc1. The van der Waals surface area contributed by atoms with Crippen LogP contribution in [0, 0.1) is 6.92 Å². The molecule has 0 saturated carbocycles. The van der Waals surface area contributed by atoms with Gasteiger partial charge in [-0.1, -0.05) is 41.4 Å². The van der Waals surface area contributed by atoms with Crippen LogP contribution in [0.15, 0.2) is 65.7 Å². The Morgan fingerprint density at radius 1 is 0.909 bits per heavy atom. The first kappa shape index (κ1) is 14.9. The summed E-state index contributed by atoms with van der Waals surface area (Å²) in [6.07, 6.45) is 1.83. The molecule has 0 aliphatic carbocycles. The van der Waals surface area contributed by atoms with Crippen LogP contribution >= 0.6 is 23.2 Å². The maximum atomic E-state index is 6.02. The Morgan fingerprint density at radius 2 is 1.68 bits per heavy atom. The molecule has 0 unspecified atom stereocenters. The lowest BCUT2D eigenvalue weighted by atomic mass is 10.3. The van der Waals surface area contributed by atoms with Gasteiger partial charge >= 0.3 is 0 Å². The van der Waals surface area contributed by atoms with E-state index in [1.54, 1.807) is 12.1 Å². The van der Waals surface area contributed by atoms with Crippen LogP contribution in [-0.2, 0) is 0 Å². The van der Waals surface area contributed by atoms with Gasteiger partial charge in [-0.3, -0.25) is 4.99 Å². The molecule has 0 aliphatic heterocycles. The van der Waals surface area contributed by atoms with Crippen molar-refractivity contribution >= 4 is 35.1 Å². The molecule has 0 amide bonds. The van der Waals surface area contributed by atoms with Gasteiger partial charge in [-0.05, 0) is 49.4 Å². The number of aliphatic imine (C=N–C) groups is 1. The number of halogens is 2. The molecule has 0 spiro atoms. The van der Waals surface area contributed by atoms with Gasteiger partial charge in [-0.25, -0.2) is 0 Å². The third-order valence-corrected chi connectivity index (χ3v) is 4.11. The molecule has 3 rings (SSSR count). The minimum atomic E-state index is 0.505. The molecule has 3 aromatic rings. The third-order valence-electron chi connectivity index (χ3n) is 3.37. The second-order valence-electron chi connectivity index (χ2n) is 4.93. The van der Waals surface area contributed by atoms with E-state index in [0.29, 0.717) is 10.0 Å². The highest BCUT2D eigenvalue weighted by atomic mass is 35.5. The van der Waals surface area contributed by atoms with Gasteiger partial charge in [0.15, 0.2) is 0 Å². The smallest absolute Gasteiger partial charge is 0.0646 e. The van der Waals surface area contributed by atoms with Crippen molar-refractivity contribution < 1.29 is 0 Å². The highest BCUT2D eigenvalue weighted by Crippen LogP contribution is 2.26. The number of hydrogen-bond acceptors (Lipinski definition) is 1. The van der Waals surface area contributed by atoms with Gasteiger partial charge in [0.1, 0.15) is 0 Å². The van der Waals surface area contributed by atoms with E-state index in [2.05, 4.69) is 34.7 Å². The van der Waals surface area contributed by atoms with Crippen molar-refractivity contribution in [3.63, 3.8) is 0 Å². The highest BCUT2D eigenvalue weighted by Gasteiger charge is 2.05. The average molecular weight is 329 g/mol. The fourth-order valence-corrected chi connectivity index (χ4v) is 2.59. The number of benzene rings is 2. The molecule has 0 atom stereocenters. The largest absolute Gasteiger partial charge is 0.313 e. The van der Waals surface area contributed by atoms with Crippen LogP contribution in [0.2, 0.25) is 10.0 Å². The van der Waals surface area contributed by atoms with Gasteiger partial charge in [-0.15, -0.1) is 0 Å². The van der Waals surface area contributed by atoms with E-state index in [1.165, 1.54) is 0 Å². The minimum absolute atomic E-state index is 0.505. The van der Waals surface area contributed by atoms with Gasteiger partial charge < -0.3 is 4.57 Å². The summed E-state index contributed by atoms with van der Waals surface area (Å²) in [6.45, 7) is 2.07. The molecule has 0 N–H and O–H groups in total. The first-order valence-corrected chi connectivity index (χ1v) is 7.63. The van der Waals surface area contributed by atoms with E-state index in [0.717, 1.165) is 22.8 Å². The zero-order valence-electron chi connectivity index (χ0n) is 12.0. The van der Waals surface area contributed by atoms with Gasteiger partial charge in [0.2, 0.25) is 0 Å². The van der Waals surface area contributed by atoms with Crippen LogP contribution in [0.1, 0.15) is 11.4 Å². The summed E-state index contributed by atoms with van der Waals surface area (Å²) in [5.41, 5.74) is 4.05. The lowest BCUT2D eigenvalue weighted by Gasteiger charge is -2.08. The molecular weight excluding hydrogens is 315 g/mol. The average Bonchev–Trinajstić information content (AvgIpc) is 2.90. The summed E-state index contributed by atoms with van der Waals surface area (Å²) in [7, 11) is 0. The Bertz CT molecular complexity index is 820. The van der Waals surface area contributed by atoms with Crippen molar-refractivity contribution in [3.8, 4) is 5.69 Å². The number of rotatable bonds is 3. The summed E-state index contributed by atoms with van der Waals surface area (Å²) in [5, 5.41) is 1.04. The molecule has 0 aliphatic rings. The van der Waals surface area contributed by atoms with Crippen LogP contribution in [0.4, 0.5) is 5.69 Å². The number of hydrogen-bond donors (Lipinski definition) is 0. The Hall–Kier alpha value is -2.03. The summed E-state index contributed by atoms with van der Waals surface area (Å²) in [6, 6.07) is 19.7. The molecule has 2 aromatic carbocycles. The van der Waals surface area contributed by atoms with Gasteiger partial charge in [0.25, 0.3) is 0 Å². The molecule has 2 nitrogen and oxygen atoms in total. The molecule has 0 fully saturated rings. The zero-order chi connectivity index (χ0) is 15.5. The second kappa shape index (κ2) is 6.39. The lowest BCUT2D eigenvalue weighted by Crippen LogP contribution is -2.00. The highest BCUT2D eigenvalue weighted by molar-refractivity contribution is 6.42. The predicted octanol–water partition coefficient (Wildman–Crippen LogP) is 5.84. The lowest BCUT2D eigenvalue weighted by molar-refractivity contribution is 1.01. The Kier molecular flexibility index (Phi) is 4.32. The molecule has 0 saturated heterocycles. The van der Waals surface area contributed by atoms with Crippen LogP contribution in [-0.4, -0.2) is 10.8 Å². The van der Waals surface area contributed by atoms with Crippen molar-refractivity contribution in [1.29, 1.82) is 0 Å². The zero-order valence-corrected chi connectivity index (χ0v) is 13.5. The fourth-order valence-electron chi connectivity index (χ4n) is 2.30. The first-order chi connectivity index (χ1) is 10.6. The predicted molar refractivity (Wildman–Crippen MR) is 94.2 cm³/mol. The van der Waals surface area contributed by atoms with E-state index in [9.17, 15) is 0 Å². The quantitative estimate of drug-likeness (QED) is 0.537. The maximum absolute atomic E-state index is 6.02. The normalized spacial score (nSPS) is 11.2. The number of aromatic nitrogens is 1. The summed E-state index contributed by atoms with van der Waals surface area (Å²) in [4.78, 5) is 4.49. The molecular formula is C18H14Cl2N2. The van der Waals surface area contributed by atoms with Gasteiger partial charge in [-0.2, -0.15) is 0 Å². The Balaban J connectivity index is 1.96. The monoisotopic (exact) mass is 328 g/mol. The van der Waals surface area contributed by atoms with Crippen LogP contribution in [0.25, 0.3) is 5.69 Å². The molecule has 0 radical (unpaired) electrons. The molecule has 1 aromatic heterocycles. The standard InChI is InChI=1S/C18H14Cl2N2/c1-13-7-9-16(22(13)15-5-3-2-4-6-15)12-21-14-8-10-17(19)18(20)11-14/h2-12H,1H3. The van der Waals surface area contributed by atoms with Crippen LogP contribution < -0.4 is 0 Å². The molecule has 4 heteroatoms. The van der Waals surface area contributed by atoms with Gasteiger partial charge in [0.05, 0.1) is 27.6 Å². The summed E-state index contributed by atoms with van der Waals surface area (Å²) >= 11 is 11.9.